The fraction of sp³-hybridized carbons (Fsp3) is 0.556. The zero-order valence-corrected chi connectivity index (χ0v) is 15.3. The zero-order chi connectivity index (χ0) is 18.0. The summed E-state index contributed by atoms with van der Waals surface area (Å²) in [5, 5.41) is 0.145. The number of ether oxygens (including phenoxy) is 4. The second-order valence-corrected chi connectivity index (χ2v) is 7.62. The molecule has 6 nitrogen and oxygen atoms in total. The average Bonchev–Trinajstić information content (AvgIpc) is 2.87. The van der Waals surface area contributed by atoms with Crippen molar-refractivity contribution in [3.05, 3.63) is 35.9 Å². The maximum absolute atomic E-state index is 11.6. The highest BCUT2D eigenvalue weighted by molar-refractivity contribution is 8.01. The van der Waals surface area contributed by atoms with Crippen LogP contribution in [-0.4, -0.2) is 47.0 Å². The highest BCUT2D eigenvalue weighted by Crippen LogP contribution is 2.51. The second-order valence-electron chi connectivity index (χ2n) is 6.30. The van der Waals surface area contributed by atoms with Crippen LogP contribution in [0.25, 0.3) is 0 Å². The van der Waals surface area contributed by atoms with Gasteiger partial charge in [0, 0.05) is 24.9 Å². The lowest BCUT2D eigenvalue weighted by Crippen LogP contribution is -2.60. The van der Waals surface area contributed by atoms with Gasteiger partial charge >= 0.3 is 11.9 Å². The van der Waals surface area contributed by atoms with Gasteiger partial charge in [-0.05, 0) is 5.56 Å². The molecular weight excluding hydrogens is 344 g/mol. The Bertz CT molecular complexity index is 636. The van der Waals surface area contributed by atoms with Crippen LogP contribution >= 0.6 is 11.8 Å². The van der Waals surface area contributed by atoms with Crippen molar-refractivity contribution in [1.82, 2.24) is 0 Å². The number of esters is 2. The van der Waals surface area contributed by atoms with Crippen LogP contribution in [0.2, 0.25) is 0 Å². The highest BCUT2D eigenvalue weighted by Gasteiger charge is 2.65. The van der Waals surface area contributed by atoms with Crippen LogP contribution in [0.5, 0.6) is 0 Å². The quantitative estimate of drug-likeness (QED) is 0.741. The van der Waals surface area contributed by atoms with Crippen molar-refractivity contribution in [1.29, 1.82) is 0 Å². The lowest BCUT2D eigenvalue weighted by molar-refractivity contribution is -0.203. The van der Waals surface area contributed by atoms with E-state index in [1.165, 1.54) is 13.8 Å². The van der Waals surface area contributed by atoms with Crippen LogP contribution in [0.1, 0.15) is 26.3 Å². The van der Waals surface area contributed by atoms with Crippen LogP contribution in [0.4, 0.5) is 0 Å². The maximum atomic E-state index is 11.6. The highest BCUT2D eigenvalue weighted by atomic mass is 32.2. The summed E-state index contributed by atoms with van der Waals surface area (Å²) < 4.78 is 22.9. The molecule has 3 rings (SSSR count). The van der Waals surface area contributed by atoms with E-state index >= 15 is 0 Å². The van der Waals surface area contributed by atoms with Gasteiger partial charge in [0.05, 0.1) is 6.61 Å². The van der Waals surface area contributed by atoms with Crippen molar-refractivity contribution in [3.8, 4) is 0 Å². The molecule has 2 fully saturated rings. The zero-order valence-electron chi connectivity index (χ0n) is 14.5. The lowest BCUT2D eigenvalue weighted by atomic mass is 9.92. The Labute approximate surface area is 151 Å². The van der Waals surface area contributed by atoms with E-state index in [0.717, 1.165) is 5.56 Å². The van der Waals surface area contributed by atoms with E-state index in [4.69, 9.17) is 18.9 Å². The third-order valence-corrected chi connectivity index (χ3v) is 6.00. The molecule has 136 valence electrons. The number of hydrogen-bond acceptors (Lipinski definition) is 7. The predicted octanol–water partition coefficient (Wildman–Crippen LogP) is 2.30. The van der Waals surface area contributed by atoms with E-state index in [0.29, 0.717) is 12.4 Å². The van der Waals surface area contributed by atoms with E-state index in [2.05, 4.69) is 0 Å². The van der Waals surface area contributed by atoms with Gasteiger partial charge < -0.3 is 18.9 Å². The Kier molecular flexibility index (Phi) is 5.36. The van der Waals surface area contributed by atoms with Gasteiger partial charge in [0.15, 0.2) is 6.10 Å². The van der Waals surface area contributed by atoms with Crippen LogP contribution in [0, 0.1) is 0 Å². The van der Waals surface area contributed by atoms with E-state index in [-0.39, 0.29) is 5.25 Å². The first-order valence-electron chi connectivity index (χ1n) is 8.22. The Morgan fingerprint density at radius 1 is 1.20 bits per heavy atom. The third kappa shape index (κ3) is 3.68. The minimum atomic E-state index is -0.953. The Hall–Kier alpha value is -1.57. The fourth-order valence-corrected chi connectivity index (χ4v) is 4.44. The number of carbonyl (C=O) groups is 2. The number of carbonyl (C=O) groups excluding carboxylic acids is 2. The van der Waals surface area contributed by atoms with Gasteiger partial charge in [-0.1, -0.05) is 37.3 Å². The molecule has 2 aliphatic rings. The average molecular weight is 366 g/mol. The summed E-state index contributed by atoms with van der Waals surface area (Å²) in [5.41, 5.74) is 0.384. The Balaban J connectivity index is 1.82. The topological polar surface area (TPSA) is 71.1 Å². The number of rotatable bonds is 5. The molecule has 0 bridgehead atoms. The summed E-state index contributed by atoms with van der Waals surface area (Å²) in [7, 11) is 0. The summed E-state index contributed by atoms with van der Waals surface area (Å²) in [5.74, 6) is -0.250. The monoisotopic (exact) mass is 366 g/mol. The van der Waals surface area contributed by atoms with Crippen LogP contribution in [0.15, 0.2) is 30.3 Å². The first-order valence-corrected chi connectivity index (χ1v) is 9.26. The first kappa shape index (κ1) is 18.2. The summed E-state index contributed by atoms with van der Waals surface area (Å²) >= 11 is 1.74. The van der Waals surface area contributed by atoms with Gasteiger partial charge in [0.1, 0.15) is 11.7 Å². The third-order valence-electron chi connectivity index (χ3n) is 4.49. The van der Waals surface area contributed by atoms with E-state index in [9.17, 15) is 9.59 Å². The Morgan fingerprint density at radius 2 is 1.88 bits per heavy atom. The summed E-state index contributed by atoms with van der Waals surface area (Å²) in [6.07, 6.45) is -2.24. The molecule has 0 saturated carbocycles. The standard InChI is InChI=1S/C18H22O6S/c1-11-18(10-25-11)16(21-9-14-7-5-4-6-8-14)15(22-12(2)19)17(24-18)23-13(3)20/h4-8,11,15-17H,9-10H2,1-3H3/t11-,15+,16+,17?,18+/m0/s1. The molecule has 0 N–H and O–H groups in total. The molecule has 2 saturated heterocycles. The fourth-order valence-electron chi connectivity index (χ4n) is 3.19. The van der Waals surface area contributed by atoms with Gasteiger partial charge in [0.2, 0.25) is 6.29 Å². The van der Waals surface area contributed by atoms with Crippen molar-refractivity contribution in [2.75, 3.05) is 5.75 Å². The molecule has 1 aromatic rings. The van der Waals surface area contributed by atoms with Crippen LogP contribution in [-0.2, 0) is 35.1 Å². The van der Waals surface area contributed by atoms with Crippen molar-refractivity contribution >= 4 is 23.7 Å². The molecule has 0 radical (unpaired) electrons. The smallest absolute Gasteiger partial charge is 0.305 e. The number of hydrogen-bond donors (Lipinski definition) is 0. The molecule has 1 spiro atoms. The molecule has 0 amide bonds. The van der Waals surface area contributed by atoms with Crippen molar-refractivity contribution in [2.24, 2.45) is 0 Å². The minimum absolute atomic E-state index is 0.145. The van der Waals surface area contributed by atoms with Gasteiger partial charge in [0.25, 0.3) is 0 Å². The molecule has 1 aromatic carbocycles. The number of benzene rings is 1. The van der Waals surface area contributed by atoms with Crippen LogP contribution in [0.3, 0.4) is 0 Å². The second kappa shape index (κ2) is 7.35. The molecule has 1 unspecified atom stereocenters. The number of thioether (sulfide) groups is 1. The normalized spacial score (nSPS) is 33.7. The minimum Gasteiger partial charge on any atom is -0.453 e. The van der Waals surface area contributed by atoms with Crippen molar-refractivity contribution < 1.29 is 28.5 Å². The van der Waals surface area contributed by atoms with Crippen molar-refractivity contribution in [2.45, 2.75) is 56.7 Å². The molecule has 0 aliphatic carbocycles. The molecule has 2 aliphatic heterocycles. The van der Waals surface area contributed by atoms with E-state index in [1.54, 1.807) is 11.8 Å². The Morgan fingerprint density at radius 3 is 2.40 bits per heavy atom. The summed E-state index contributed by atoms with van der Waals surface area (Å²) in [6.45, 7) is 5.02. The first-order chi connectivity index (χ1) is 11.9. The predicted molar refractivity (Wildman–Crippen MR) is 91.9 cm³/mol. The molecule has 2 heterocycles. The lowest BCUT2D eigenvalue weighted by Gasteiger charge is -2.46. The van der Waals surface area contributed by atoms with Gasteiger partial charge in [-0.2, -0.15) is 11.8 Å². The van der Waals surface area contributed by atoms with E-state index in [1.807, 2.05) is 37.3 Å². The molecular formula is C18H22O6S. The molecule has 5 atom stereocenters. The van der Waals surface area contributed by atoms with Gasteiger partial charge in [-0.3, -0.25) is 9.59 Å². The molecule has 25 heavy (non-hydrogen) atoms. The summed E-state index contributed by atoms with van der Waals surface area (Å²) in [6, 6.07) is 9.74. The maximum Gasteiger partial charge on any atom is 0.305 e. The van der Waals surface area contributed by atoms with Gasteiger partial charge in [-0.25, -0.2) is 0 Å². The van der Waals surface area contributed by atoms with E-state index < -0.39 is 36.0 Å². The largest absolute Gasteiger partial charge is 0.453 e. The van der Waals surface area contributed by atoms with Gasteiger partial charge in [-0.15, -0.1) is 0 Å². The van der Waals surface area contributed by atoms with Crippen LogP contribution < -0.4 is 0 Å². The SMILES string of the molecule is CC(=O)OC1O[C@@]2(CS[C@H]2C)[C@H](OCc2ccccc2)[C@H]1OC(C)=O. The van der Waals surface area contributed by atoms with Crippen molar-refractivity contribution in [3.63, 3.8) is 0 Å². The summed E-state index contributed by atoms with van der Waals surface area (Å²) in [4.78, 5) is 23.0. The molecule has 7 heteroatoms. The molecule has 0 aromatic heterocycles.